The number of nitrogens with one attached hydrogen (secondary N) is 1. The van der Waals surface area contributed by atoms with E-state index in [2.05, 4.69) is 41.2 Å². The molecule has 2 aromatic rings. The lowest BCUT2D eigenvalue weighted by Crippen LogP contribution is -2.31. The Kier molecular flexibility index (Phi) is 5.24. The zero-order valence-electron chi connectivity index (χ0n) is 12.3. The topological polar surface area (TPSA) is 63.8 Å². The van der Waals surface area contributed by atoms with Gasteiger partial charge in [0, 0.05) is 17.9 Å². The van der Waals surface area contributed by atoms with Crippen LogP contribution in [0.4, 0.5) is 0 Å². The molecule has 2 unspecified atom stereocenters. The molecule has 5 heteroatoms. The van der Waals surface area contributed by atoms with Gasteiger partial charge in [-0.25, -0.2) is 0 Å². The zero-order chi connectivity index (χ0) is 14.4. The van der Waals surface area contributed by atoms with Crippen molar-refractivity contribution >= 4 is 0 Å². The first-order chi connectivity index (χ1) is 9.70. The second kappa shape index (κ2) is 7.14. The Morgan fingerprint density at radius 2 is 2.15 bits per heavy atom. The Hall–Kier alpha value is -1.75. The van der Waals surface area contributed by atoms with Gasteiger partial charge in [0.05, 0.1) is 12.3 Å². The number of aromatic nitrogens is 3. The van der Waals surface area contributed by atoms with Crippen LogP contribution in [0, 0.1) is 0 Å². The van der Waals surface area contributed by atoms with Crippen molar-refractivity contribution in [3.8, 4) is 0 Å². The average Bonchev–Trinajstić information content (AvgIpc) is 2.93. The smallest absolute Gasteiger partial charge is 0.231 e. The van der Waals surface area contributed by atoms with Crippen LogP contribution in [0.25, 0.3) is 0 Å². The Morgan fingerprint density at radius 3 is 2.85 bits per heavy atom. The van der Waals surface area contributed by atoms with Gasteiger partial charge in [-0.05, 0) is 32.0 Å². The van der Waals surface area contributed by atoms with Crippen LogP contribution in [0.3, 0.4) is 0 Å². The first kappa shape index (κ1) is 14.7. The Labute approximate surface area is 119 Å². The van der Waals surface area contributed by atoms with E-state index in [1.54, 1.807) is 6.20 Å². The van der Waals surface area contributed by atoms with E-state index in [4.69, 9.17) is 4.52 Å². The van der Waals surface area contributed by atoms with Crippen molar-refractivity contribution < 1.29 is 4.52 Å². The molecule has 2 heterocycles. The molecule has 108 valence electrons. The van der Waals surface area contributed by atoms with Crippen molar-refractivity contribution in [1.82, 2.24) is 20.4 Å². The molecule has 2 rings (SSSR count). The van der Waals surface area contributed by atoms with Crippen LogP contribution in [0.15, 0.2) is 28.9 Å². The molecule has 20 heavy (non-hydrogen) atoms. The van der Waals surface area contributed by atoms with Crippen LogP contribution in [0.5, 0.6) is 0 Å². The summed E-state index contributed by atoms with van der Waals surface area (Å²) in [4.78, 5) is 8.75. The van der Waals surface area contributed by atoms with E-state index in [1.807, 2.05) is 18.2 Å². The molecule has 0 aromatic carbocycles. The molecule has 0 aliphatic rings. The molecular formula is C15H22N4O. The quantitative estimate of drug-likeness (QED) is 0.840. The van der Waals surface area contributed by atoms with Crippen molar-refractivity contribution in [2.75, 3.05) is 6.54 Å². The van der Waals surface area contributed by atoms with Crippen molar-refractivity contribution in [3.05, 3.63) is 41.8 Å². The monoisotopic (exact) mass is 274 g/mol. The van der Waals surface area contributed by atoms with E-state index < -0.39 is 0 Å². The van der Waals surface area contributed by atoms with Gasteiger partial charge in [0.2, 0.25) is 5.89 Å². The standard InChI is InChI=1S/C15H22N4O/c1-4-8-16-12(3)11(2)15-18-14(19-20-15)10-13-7-5-6-9-17-13/h5-7,9,11-12,16H,4,8,10H2,1-3H3. The maximum atomic E-state index is 5.37. The number of nitrogens with zero attached hydrogens (tertiary/aromatic N) is 3. The second-order valence-electron chi connectivity index (χ2n) is 5.08. The summed E-state index contributed by atoms with van der Waals surface area (Å²) in [6.07, 6.45) is 3.50. The van der Waals surface area contributed by atoms with Crippen LogP contribution in [-0.2, 0) is 6.42 Å². The van der Waals surface area contributed by atoms with Gasteiger partial charge in [-0.3, -0.25) is 4.98 Å². The van der Waals surface area contributed by atoms with Crippen molar-refractivity contribution in [1.29, 1.82) is 0 Å². The van der Waals surface area contributed by atoms with Gasteiger partial charge in [-0.15, -0.1) is 0 Å². The van der Waals surface area contributed by atoms with Gasteiger partial charge in [0.1, 0.15) is 0 Å². The van der Waals surface area contributed by atoms with E-state index in [1.165, 1.54) is 0 Å². The number of rotatable bonds is 7. The first-order valence-electron chi connectivity index (χ1n) is 7.16. The van der Waals surface area contributed by atoms with E-state index in [-0.39, 0.29) is 5.92 Å². The molecule has 0 saturated heterocycles. The van der Waals surface area contributed by atoms with E-state index in [0.717, 1.165) is 18.7 Å². The third-order valence-electron chi connectivity index (χ3n) is 3.41. The average molecular weight is 274 g/mol. The molecule has 0 aliphatic heterocycles. The van der Waals surface area contributed by atoms with Crippen LogP contribution in [-0.4, -0.2) is 27.7 Å². The zero-order valence-corrected chi connectivity index (χ0v) is 12.3. The molecular weight excluding hydrogens is 252 g/mol. The number of hydrogen-bond donors (Lipinski definition) is 1. The summed E-state index contributed by atoms with van der Waals surface area (Å²) >= 11 is 0. The van der Waals surface area contributed by atoms with Crippen molar-refractivity contribution in [2.24, 2.45) is 0 Å². The van der Waals surface area contributed by atoms with Crippen molar-refractivity contribution in [2.45, 2.75) is 45.6 Å². The fourth-order valence-corrected chi connectivity index (χ4v) is 1.95. The molecule has 0 spiro atoms. The van der Waals surface area contributed by atoms with Gasteiger partial charge < -0.3 is 9.84 Å². The molecule has 0 fully saturated rings. The Balaban J connectivity index is 1.98. The SMILES string of the molecule is CCCNC(C)C(C)c1nc(Cc2ccccn2)no1. The van der Waals surface area contributed by atoms with Crippen molar-refractivity contribution in [3.63, 3.8) is 0 Å². The molecule has 5 nitrogen and oxygen atoms in total. The predicted octanol–water partition coefficient (Wildman–Crippen LogP) is 2.55. The van der Waals surface area contributed by atoms with Gasteiger partial charge in [0.15, 0.2) is 5.82 Å². The number of hydrogen-bond acceptors (Lipinski definition) is 5. The minimum Gasteiger partial charge on any atom is -0.339 e. The Bertz CT molecular complexity index is 512. The fraction of sp³-hybridized carbons (Fsp3) is 0.533. The molecule has 0 aliphatic carbocycles. The summed E-state index contributed by atoms with van der Waals surface area (Å²) < 4.78 is 5.37. The normalized spacial score (nSPS) is 14.2. The highest BCUT2D eigenvalue weighted by molar-refractivity contribution is 5.09. The summed E-state index contributed by atoms with van der Waals surface area (Å²) in [7, 11) is 0. The molecule has 0 bridgehead atoms. The van der Waals surface area contributed by atoms with Gasteiger partial charge >= 0.3 is 0 Å². The first-order valence-corrected chi connectivity index (χ1v) is 7.16. The van der Waals surface area contributed by atoms with Crippen LogP contribution in [0.2, 0.25) is 0 Å². The molecule has 0 radical (unpaired) electrons. The minimum atomic E-state index is 0.200. The molecule has 2 atom stereocenters. The molecule has 0 saturated carbocycles. The highest BCUT2D eigenvalue weighted by atomic mass is 16.5. The van der Waals surface area contributed by atoms with Crippen LogP contribution in [0.1, 0.15) is 50.5 Å². The lowest BCUT2D eigenvalue weighted by molar-refractivity contribution is 0.328. The number of pyridine rings is 1. The van der Waals surface area contributed by atoms with Gasteiger partial charge in [-0.1, -0.05) is 25.1 Å². The maximum Gasteiger partial charge on any atom is 0.231 e. The summed E-state index contributed by atoms with van der Waals surface area (Å²) in [6.45, 7) is 7.40. The minimum absolute atomic E-state index is 0.200. The third-order valence-corrected chi connectivity index (χ3v) is 3.41. The summed E-state index contributed by atoms with van der Waals surface area (Å²) in [6, 6.07) is 6.14. The highest BCUT2D eigenvalue weighted by Crippen LogP contribution is 2.17. The highest BCUT2D eigenvalue weighted by Gasteiger charge is 2.20. The van der Waals surface area contributed by atoms with Gasteiger partial charge in [0.25, 0.3) is 0 Å². The van der Waals surface area contributed by atoms with E-state index in [9.17, 15) is 0 Å². The third kappa shape index (κ3) is 3.87. The fourth-order valence-electron chi connectivity index (χ4n) is 1.95. The molecule has 0 amide bonds. The summed E-state index contributed by atoms with van der Waals surface area (Å²) in [5.74, 6) is 1.58. The van der Waals surface area contributed by atoms with Gasteiger partial charge in [-0.2, -0.15) is 4.98 Å². The lowest BCUT2D eigenvalue weighted by atomic mass is 10.0. The second-order valence-corrected chi connectivity index (χ2v) is 5.08. The lowest BCUT2D eigenvalue weighted by Gasteiger charge is -2.17. The predicted molar refractivity (Wildman–Crippen MR) is 77.5 cm³/mol. The van der Waals surface area contributed by atoms with E-state index in [0.29, 0.717) is 24.2 Å². The maximum absolute atomic E-state index is 5.37. The largest absolute Gasteiger partial charge is 0.339 e. The summed E-state index contributed by atoms with van der Waals surface area (Å²) in [5, 5.41) is 7.49. The molecule has 2 aromatic heterocycles. The van der Waals surface area contributed by atoms with Crippen LogP contribution < -0.4 is 5.32 Å². The Morgan fingerprint density at radius 1 is 1.30 bits per heavy atom. The van der Waals surface area contributed by atoms with Crippen LogP contribution >= 0.6 is 0 Å². The molecule has 1 N–H and O–H groups in total. The summed E-state index contributed by atoms with van der Waals surface area (Å²) in [5.41, 5.74) is 0.949. The van der Waals surface area contributed by atoms with E-state index >= 15 is 0 Å².